The van der Waals surface area contributed by atoms with Crippen LogP contribution in [0.2, 0.25) is 0 Å². The SMILES string of the molecule is C=C(C)C(=O)OCC1CO1.C=CC(=O)NC(C)(C)CC(C)=O.CCC(CC(C)(C)C(=O)OCC(O)CS(=O)CC(O)CO)C(=O)NC(C)(C)CC(C)=O.CCC(CC(C)(C)C(=O)OCC(O)CSCC(O)CO)C(=O)NC(C)(C)CC(C)=O.CCC(CC(C)(C)C(=O)OCC1CO1)C(=O)NC(C)(C)CC(C)=O. The van der Waals surface area contributed by atoms with E-state index in [1.807, 2.05) is 34.6 Å². The maximum Gasteiger partial charge on any atom is 0.333 e. The number of epoxide rings is 2. The monoisotopic (exact) mass is 1570 g/mol. The smallest absolute Gasteiger partial charge is 0.333 e. The van der Waals surface area contributed by atoms with Crippen LogP contribution in [0.15, 0.2) is 24.8 Å². The molecule has 0 aliphatic carbocycles. The number of carbonyl (C=O) groups excluding carboxylic acids is 12. The Labute approximate surface area is 642 Å². The minimum atomic E-state index is -1.58. The van der Waals surface area contributed by atoms with Crippen LogP contribution < -0.4 is 21.3 Å². The number of nitrogens with one attached hydrogen (secondary N) is 4. The summed E-state index contributed by atoms with van der Waals surface area (Å²) in [7, 11) is -1.58. The number of esters is 4. The molecule has 2 fully saturated rings. The molecule has 2 aliphatic heterocycles. The first-order valence-corrected chi connectivity index (χ1v) is 38.9. The maximum atomic E-state index is 12.7. The zero-order valence-electron chi connectivity index (χ0n) is 68.0. The highest BCUT2D eigenvalue weighted by Crippen LogP contribution is 2.33. The van der Waals surface area contributed by atoms with Crippen molar-refractivity contribution in [1.82, 2.24) is 21.3 Å². The van der Waals surface area contributed by atoms with Crippen LogP contribution >= 0.6 is 11.8 Å². The molecule has 2 aliphatic rings. The number of aliphatic hydroxyl groups is 6. The third-order valence-electron chi connectivity index (χ3n) is 15.9. The molecule has 4 amide bonds. The van der Waals surface area contributed by atoms with Gasteiger partial charge in [-0.3, -0.25) is 56.9 Å². The molecule has 620 valence electrons. The van der Waals surface area contributed by atoms with Crippen LogP contribution in [-0.2, 0) is 96.8 Å². The van der Waals surface area contributed by atoms with E-state index in [9.17, 15) is 82.2 Å². The predicted molar refractivity (Wildman–Crippen MR) is 408 cm³/mol. The molecule has 29 nitrogen and oxygen atoms in total. The molecule has 31 heteroatoms. The maximum absolute atomic E-state index is 12.7. The fraction of sp³-hybridized carbons (Fsp3) is 0.789. The second kappa shape index (κ2) is 50.8. The second-order valence-corrected chi connectivity index (χ2v) is 34.8. The van der Waals surface area contributed by atoms with Gasteiger partial charge in [0.25, 0.3) is 0 Å². The number of carbonyl (C=O) groups is 12. The molecule has 2 saturated heterocycles. The number of hydrogen-bond acceptors (Lipinski definition) is 26. The second-order valence-electron chi connectivity index (χ2n) is 32.2. The van der Waals surface area contributed by atoms with Crippen molar-refractivity contribution in [2.45, 2.75) is 275 Å². The molecule has 10 unspecified atom stereocenters. The summed E-state index contributed by atoms with van der Waals surface area (Å²) >= 11 is 1.25. The van der Waals surface area contributed by atoms with Crippen molar-refractivity contribution in [2.75, 3.05) is 75.9 Å². The van der Waals surface area contributed by atoms with Gasteiger partial charge < -0.3 is 80.3 Å². The molecule has 2 heterocycles. The fourth-order valence-corrected chi connectivity index (χ4v) is 12.6. The zero-order chi connectivity index (χ0) is 83.8. The summed E-state index contributed by atoms with van der Waals surface area (Å²) in [6.07, 6.45) is 0.907. The van der Waals surface area contributed by atoms with Gasteiger partial charge in [0, 0.05) is 93.5 Å². The van der Waals surface area contributed by atoms with Crippen molar-refractivity contribution < 1.29 is 121 Å². The number of thioether (sulfide) groups is 1. The minimum absolute atomic E-state index is 0.0140. The predicted octanol–water partition coefficient (Wildman–Crippen LogP) is 5.40. The number of aliphatic hydroxyl groups excluding tert-OH is 6. The lowest BCUT2D eigenvalue weighted by atomic mass is 9.81. The van der Waals surface area contributed by atoms with E-state index in [0.717, 1.165) is 0 Å². The summed E-state index contributed by atoms with van der Waals surface area (Å²) in [6.45, 7) is 45.2. The first-order chi connectivity index (χ1) is 48.9. The molecule has 0 aromatic carbocycles. The van der Waals surface area contributed by atoms with Gasteiger partial charge in [0.05, 0.1) is 78.6 Å². The van der Waals surface area contributed by atoms with Crippen molar-refractivity contribution in [3.8, 4) is 0 Å². The molecule has 10 N–H and O–H groups in total. The van der Waals surface area contributed by atoms with Crippen LogP contribution in [0.5, 0.6) is 0 Å². The van der Waals surface area contributed by atoms with Gasteiger partial charge in [0.15, 0.2) is 0 Å². The lowest BCUT2D eigenvalue weighted by Crippen LogP contribution is -2.48. The van der Waals surface area contributed by atoms with E-state index in [0.29, 0.717) is 57.5 Å². The summed E-state index contributed by atoms with van der Waals surface area (Å²) in [5, 5.41) is 67.3. The van der Waals surface area contributed by atoms with Gasteiger partial charge in [-0.15, -0.1) is 0 Å². The Balaban J connectivity index is -0.00000133. The van der Waals surface area contributed by atoms with Gasteiger partial charge in [0.2, 0.25) is 23.6 Å². The van der Waals surface area contributed by atoms with E-state index in [1.54, 1.807) is 90.0 Å². The van der Waals surface area contributed by atoms with E-state index in [4.69, 9.17) is 38.6 Å². The Morgan fingerprint density at radius 1 is 0.477 bits per heavy atom. The summed E-state index contributed by atoms with van der Waals surface area (Å²) < 4.78 is 42.1. The Hall–Kier alpha value is -5.90. The van der Waals surface area contributed by atoms with Gasteiger partial charge in [-0.05, 0) is 176 Å². The number of ether oxygens (including phenoxy) is 6. The van der Waals surface area contributed by atoms with E-state index in [1.165, 1.54) is 45.5 Å². The lowest BCUT2D eigenvalue weighted by Gasteiger charge is -2.31. The average Bonchev–Trinajstić information content (AvgIpc) is 1.00. The van der Waals surface area contributed by atoms with Crippen molar-refractivity contribution in [2.24, 2.45) is 34.0 Å². The van der Waals surface area contributed by atoms with E-state index in [-0.39, 0.29) is 158 Å². The van der Waals surface area contributed by atoms with Gasteiger partial charge in [-0.2, -0.15) is 11.8 Å². The largest absolute Gasteiger partial charge is 0.462 e. The highest BCUT2D eigenvalue weighted by molar-refractivity contribution is 7.99. The van der Waals surface area contributed by atoms with Gasteiger partial charge in [0.1, 0.15) is 61.8 Å². The number of rotatable bonds is 47. The van der Waals surface area contributed by atoms with E-state index < -0.39 is 104 Å². The highest BCUT2D eigenvalue weighted by atomic mass is 32.2. The van der Waals surface area contributed by atoms with Gasteiger partial charge in [-0.1, -0.05) is 33.9 Å². The summed E-state index contributed by atoms with van der Waals surface area (Å²) in [6, 6.07) is 0. The van der Waals surface area contributed by atoms with Crippen LogP contribution in [0.3, 0.4) is 0 Å². The Bertz CT molecular complexity index is 2880. The van der Waals surface area contributed by atoms with Gasteiger partial charge >= 0.3 is 23.9 Å². The Morgan fingerprint density at radius 2 is 0.766 bits per heavy atom. The van der Waals surface area contributed by atoms with Crippen LogP contribution in [-0.4, -0.2) is 240 Å². The summed E-state index contributed by atoms with van der Waals surface area (Å²) in [5.41, 5.74) is -4.67. The molecule has 0 spiro atoms. The van der Waals surface area contributed by atoms with Gasteiger partial charge in [-0.25, -0.2) is 4.79 Å². The molecule has 0 saturated carbocycles. The topological polar surface area (TPSA) is 453 Å². The molecule has 0 bridgehead atoms. The van der Waals surface area contributed by atoms with Crippen LogP contribution in [0.25, 0.3) is 0 Å². The third kappa shape index (κ3) is 52.8. The quantitative estimate of drug-likeness (QED) is 0.0158. The molecule has 10 atom stereocenters. The summed E-state index contributed by atoms with van der Waals surface area (Å²) in [5.74, 6) is -3.57. The molecule has 0 radical (unpaired) electrons. The van der Waals surface area contributed by atoms with Crippen LogP contribution in [0.4, 0.5) is 0 Å². The Kier molecular flexibility index (Phi) is 50.0. The number of ketones is 4. The molecule has 0 aromatic rings. The first-order valence-electron chi connectivity index (χ1n) is 36.2. The molecule has 0 aromatic heterocycles. The first kappa shape index (κ1) is 105. The van der Waals surface area contributed by atoms with Crippen molar-refractivity contribution in [3.05, 3.63) is 24.8 Å². The normalized spacial score (nSPS) is 16.4. The molecule has 2 rings (SSSR count). The molecular formula is C76H134N4O25S2. The number of hydrogen-bond donors (Lipinski definition) is 10. The van der Waals surface area contributed by atoms with Crippen molar-refractivity contribution >= 4 is 93.2 Å². The van der Waals surface area contributed by atoms with Crippen LogP contribution in [0, 0.1) is 34.0 Å². The highest BCUT2D eigenvalue weighted by Gasteiger charge is 2.40. The molecule has 107 heavy (non-hydrogen) atoms. The fourth-order valence-electron chi connectivity index (χ4n) is 10.5. The number of amides is 4. The standard InChI is InChI=1S/C21H39NO8S.C21H39NO7S.C18H31NO5.C9H15NO2.C7H10O3/c1-7-15(18(27)22-21(5,6)8-14(2)24)9-20(3,4)19(28)30-11-17(26)13-31(29)12-16(25)10-23;1-7-15(18(27)22-21(5,6)8-14(2)24)9-20(3,4)19(28)29-11-17(26)13-30-12-16(25)10-23;1-7-13(15(21)19-18(5,6)8-12(2)20)9-17(3,4)16(22)24-11-14-10-23-14;1-5-8(12)10-9(3,4)6-7(2)11;1-5(2)7(8)10-4-6-3-9-6/h15-17,23,25-26H,7-13H2,1-6H3,(H,22,27);15-17,23,25-26H,7-13H2,1-6H3,(H,22,27);13-14H,7-11H2,1-6H3,(H,19,21);5H,1,6H2,2-4H3,(H,10,12);6H,1,3-4H2,2H3. The third-order valence-corrected chi connectivity index (χ3v) is 18.6. The zero-order valence-corrected chi connectivity index (χ0v) is 69.6. The lowest BCUT2D eigenvalue weighted by molar-refractivity contribution is -0.158. The van der Waals surface area contributed by atoms with Crippen molar-refractivity contribution in [1.29, 1.82) is 0 Å². The minimum Gasteiger partial charge on any atom is -0.462 e. The van der Waals surface area contributed by atoms with E-state index >= 15 is 0 Å². The molecular weight excluding hydrogens is 1430 g/mol. The van der Waals surface area contributed by atoms with Crippen LogP contribution in [0.1, 0.15) is 217 Å². The van der Waals surface area contributed by atoms with E-state index in [2.05, 4.69) is 34.4 Å². The van der Waals surface area contributed by atoms with Crippen molar-refractivity contribution in [3.63, 3.8) is 0 Å². The average molecular weight is 1570 g/mol. The number of Topliss-reactive ketones (excluding diaryl/α,β-unsaturated/α-hetero) is 4. The Morgan fingerprint density at radius 3 is 1.06 bits per heavy atom. The summed E-state index contributed by atoms with van der Waals surface area (Å²) in [4.78, 5) is 142.